The molecule has 0 bridgehead atoms. The molecule has 8 nitrogen and oxygen atoms in total. The molecule has 0 unspecified atom stereocenters. The van der Waals surface area contributed by atoms with Gasteiger partial charge in [0.15, 0.2) is 0 Å². The van der Waals surface area contributed by atoms with E-state index in [1.54, 1.807) is 7.11 Å². The number of methoxy groups -OCH3 is 1. The molecule has 0 radical (unpaired) electrons. The molecule has 0 aliphatic heterocycles. The van der Waals surface area contributed by atoms with Crippen molar-refractivity contribution in [2.45, 2.75) is 51.6 Å². The van der Waals surface area contributed by atoms with Crippen LogP contribution in [0, 0.1) is 0 Å². The van der Waals surface area contributed by atoms with Gasteiger partial charge in [0.1, 0.15) is 11.5 Å². The second-order valence-corrected chi connectivity index (χ2v) is 8.16. The molecule has 0 amide bonds. The third-order valence-electron chi connectivity index (χ3n) is 5.78. The monoisotopic (exact) mass is 448 g/mol. The van der Waals surface area contributed by atoms with Crippen molar-refractivity contribution in [3.8, 4) is 11.5 Å². The highest BCUT2D eigenvalue weighted by Crippen LogP contribution is 2.29. The first-order chi connectivity index (χ1) is 16.1. The number of nitrogen functional groups attached to an aromatic ring is 1. The second kappa shape index (κ2) is 10.8. The van der Waals surface area contributed by atoms with Crippen molar-refractivity contribution in [2.75, 3.05) is 29.7 Å². The first-order valence-corrected chi connectivity index (χ1v) is 11.6. The SMILES string of the molecule is CCOc1ccc(N(Cc2ccc(OC)cc2)c2nc(N)nc(NC3CCCCC3)n2)cc1. The maximum atomic E-state index is 6.11. The summed E-state index contributed by atoms with van der Waals surface area (Å²) in [5, 5.41) is 3.47. The van der Waals surface area contributed by atoms with E-state index < -0.39 is 0 Å². The molecule has 1 saturated carbocycles. The Hall–Kier alpha value is -3.55. The number of nitrogens with two attached hydrogens (primary N) is 1. The summed E-state index contributed by atoms with van der Waals surface area (Å²) >= 11 is 0. The first-order valence-electron chi connectivity index (χ1n) is 11.6. The van der Waals surface area contributed by atoms with Gasteiger partial charge in [-0.2, -0.15) is 15.0 Å². The summed E-state index contributed by atoms with van der Waals surface area (Å²) in [6.45, 7) is 3.15. The largest absolute Gasteiger partial charge is 0.497 e. The molecule has 1 heterocycles. The number of nitrogens with zero attached hydrogens (tertiary/aromatic N) is 4. The molecule has 1 aliphatic rings. The zero-order chi connectivity index (χ0) is 23.0. The maximum Gasteiger partial charge on any atom is 0.236 e. The van der Waals surface area contributed by atoms with Gasteiger partial charge in [-0.3, -0.25) is 0 Å². The fourth-order valence-electron chi connectivity index (χ4n) is 4.08. The number of benzene rings is 2. The van der Waals surface area contributed by atoms with Gasteiger partial charge in [0.05, 0.1) is 20.3 Å². The summed E-state index contributed by atoms with van der Waals surface area (Å²) in [7, 11) is 1.66. The van der Waals surface area contributed by atoms with Gasteiger partial charge < -0.3 is 25.4 Å². The van der Waals surface area contributed by atoms with Crippen molar-refractivity contribution in [3.05, 3.63) is 54.1 Å². The van der Waals surface area contributed by atoms with E-state index >= 15 is 0 Å². The minimum absolute atomic E-state index is 0.198. The normalized spacial score (nSPS) is 14.0. The van der Waals surface area contributed by atoms with Crippen molar-refractivity contribution < 1.29 is 9.47 Å². The maximum absolute atomic E-state index is 6.11. The summed E-state index contributed by atoms with van der Waals surface area (Å²) in [6.07, 6.45) is 5.97. The molecule has 33 heavy (non-hydrogen) atoms. The first kappa shape index (κ1) is 22.6. The lowest BCUT2D eigenvalue weighted by molar-refractivity contribution is 0.340. The van der Waals surface area contributed by atoms with E-state index in [0.29, 0.717) is 31.1 Å². The van der Waals surface area contributed by atoms with E-state index in [9.17, 15) is 0 Å². The Morgan fingerprint density at radius 1 is 0.939 bits per heavy atom. The number of rotatable bonds is 9. The Morgan fingerprint density at radius 2 is 1.64 bits per heavy atom. The van der Waals surface area contributed by atoms with Gasteiger partial charge in [0.25, 0.3) is 0 Å². The zero-order valence-corrected chi connectivity index (χ0v) is 19.3. The van der Waals surface area contributed by atoms with E-state index in [4.69, 9.17) is 20.2 Å². The van der Waals surface area contributed by atoms with Crippen LogP contribution in [0.3, 0.4) is 0 Å². The van der Waals surface area contributed by atoms with Crippen LogP contribution in [0.2, 0.25) is 0 Å². The Kier molecular flexibility index (Phi) is 7.44. The molecular weight excluding hydrogens is 416 g/mol. The number of aromatic nitrogens is 3. The molecule has 1 fully saturated rings. The molecule has 4 rings (SSSR count). The summed E-state index contributed by atoms with van der Waals surface area (Å²) in [5.74, 6) is 2.86. The zero-order valence-electron chi connectivity index (χ0n) is 19.3. The van der Waals surface area contributed by atoms with Gasteiger partial charge >= 0.3 is 0 Å². The Morgan fingerprint density at radius 3 is 2.30 bits per heavy atom. The van der Waals surface area contributed by atoms with Crippen LogP contribution in [-0.2, 0) is 6.54 Å². The standard InChI is InChI=1S/C25H32N6O2/c1-3-33-22-15-11-20(12-16-22)31(17-18-9-13-21(32-2)14-10-18)25-29-23(26)28-24(30-25)27-19-7-5-4-6-8-19/h9-16,19H,3-8,17H2,1-2H3,(H3,26,27,28,29,30). The molecule has 8 heteroatoms. The van der Waals surface area contributed by atoms with E-state index in [1.807, 2.05) is 60.4 Å². The molecule has 3 aromatic rings. The van der Waals surface area contributed by atoms with E-state index in [1.165, 1.54) is 19.3 Å². The lowest BCUT2D eigenvalue weighted by Gasteiger charge is -2.25. The van der Waals surface area contributed by atoms with E-state index in [-0.39, 0.29) is 5.95 Å². The Bertz CT molecular complexity index is 1020. The fourth-order valence-corrected chi connectivity index (χ4v) is 4.08. The Labute approximate surface area is 195 Å². The summed E-state index contributed by atoms with van der Waals surface area (Å²) in [4.78, 5) is 15.6. The predicted molar refractivity (Wildman–Crippen MR) is 131 cm³/mol. The third-order valence-corrected chi connectivity index (χ3v) is 5.78. The fraction of sp³-hybridized carbons (Fsp3) is 0.400. The van der Waals surface area contributed by atoms with Crippen LogP contribution in [0.1, 0.15) is 44.6 Å². The number of anilines is 4. The van der Waals surface area contributed by atoms with Crippen LogP contribution in [-0.4, -0.2) is 34.7 Å². The minimum Gasteiger partial charge on any atom is -0.497 e. The average molecular weight is 449 g/mol. The molecule has 1 aromatic heterocycles. The van der Waals surface area contributed by atoms with Crippen molar-refractivity contribution >= 4 is 23.5 Å². The second-order valence-electron chi connectivity index (χ2n) is 8.16. The van der Waals surface area contributed by atoms with E-state index in [2.05, 4.69) is 15.3 Å². The molecule has 3 N–H and O–H groups in total. The number of ether oxygens (including phenoxy) is 2. The topological polar surface area (TPSA) is 98.4 Å². The van der Waals surface area contributed by atoms with Crippen LogP contribution >= 0.6 is 0 Å². The van der Waals surface area contributed by atoms with Crippen molar-refractivity contribution in [1.82, 2.24) is 15.0 Å². The smallest absolute Gasteiger partial charge is 0.236 e. The van der Waals surface area contributed by atoms with Gasteiger partial charge in [-0.05, 0) is 61.7 Å². The van der Waals surface area contributed by atoms with Gasteiger partial charge in [-0.15, -0.1) is 0 Å². The lowest BCUT2D eigenvalue weighted by atomic mass is 9.96. The summed E-state index contributed by atoms with van der Waals surface area (Å²) in [6, 6.07) is 16.2. The van der Waals surface area contributed by atoms with Crippen LogP contribution in [0.15, 0.2) is 48.5 Å². The van der Waals surface area contributed by atoms with Crippen molar-refractivity contribution in [2.24, 2.45) is 0 Å². The van der Waals surface area contributed by atoms with Gasteiger partial charge in [0.2, 0.25) is 17.8 Å². The molecule has 0 atom stereocenters. The van der Waals surface area contributed by atoms with Crippen LogP contribution in [0.25, 0.3) is 0 Å². The van der Waals surface area contributed by atoms with Crippen LogP contribution in [0.4, 0.5) is 23.5 Å². The number of hydrogen-bond acceptors (Lipinski definition) is 8. The van der Waals surface area contributed by atoms with Crippen LogP contribution in [0.5, 0.6) is 11.5 Å². The van der Waals surface area contributed by atoms with E-state index in [0.717, 1.165) is 35.6 Å². The predicted octanol–water partition coefficient (Wildman–Crippen LogP) is 4.94. The van der Waals surface area contributed by atoms with Gasteiger partial charge in [0, 0.05) is 11.7 Å². The molecule has 174 valence electrons. The summed E-state index contributed by atoms with van der Waals surface area (Å²) in [5.41, 5.74) is 8.13. The third kappa shape index (κ3) is 6.03. The molecule has 1 aliphatic carbocycles. The molecule has 0 saturated heterocycles. The van der Waals surface area contributed by atoms with Gasteiger partial charge in [-0.25, -0.2) is 0 Å². The highest BCUT2D eigenvalue weighted by Gasteiger charge is 2.19. The Balaban J connectivity index is 1.65. The highest BCUT2D eigenvalue weighted by molar-refractivity contribution is 5.60. The number of nitrogens with one attached hydrogen (secondary N) is 1. The van der Waals surface area contributed by atoms with Crippen LogP contribution < -0.4 is 25.4 Å². The lowest BCUT2D eigenvalue weighted by Crippen LogP contribution is -2.25. The molecular formula is C25H32N6O2. The van der Waals surface area contributed by atoms with Crippen molar-refractivity contribution in [3.63, 3.8) is 0 Å². The highest BCUT2D eigenvalue weighted by atomic mass is 16.5. The number of hydrogen-bond donors (Lipinski definition) is 2. The quantitative estimate of drug-likeness (QED) is 0.475. The summed E-state index contributed by atoms with van der Waals surface area (Å²) < 4.78 is 10.9. The average Bonchev–Trinajstić information content (AvgIpc) is 2.84. The molecule has 2 aromatic carbocycles. The molecule has 0 spiro atoms. The van der Waals surface area contributed by atoms with Gasteiger partial charge in [-0.1, -0.05) is 31.4 Å². The minimum atomic E-state index is 0.198. The van der Waals surface area contributed by atoms with Crippen molar-refractivity contribution in [1.29, 1.82) is 0 Å².